The molecular weight excluding hydrogens is 387 g/mol. The zero-order valence-electron chi connectivity index (χ0n) is 10.2. The molecule has 0 amide bonds. The van der Waals surface area contributed by atoms with Crippen molar-refractivity contribution in [2.75, 3.05) is 4.72 Å². The molecule has 0 spiro atoms. The molecule has 20 heavy (non-hydrogen) atoms. The molecule has 0 saturated carbocycles. The SMILES string of the molecule is Cc1c(Cl)cccc1NS(=O)(=O)c1cc(Br)cnc1Cl. The molecule has 0 fully saturated rings. The molecule has 0 atom stereocenters. The largest absolute Gasteiger partial charge is 0.279 e. The molecular formula is C12H9BrCl2N2O2S. The van der Waals surface area contributed by atoms with Gasteiger partial charge in [0.25, 0.3) is 10.0 Å². The number of halogens is 3. The molecule has 0 saturated heterocycles. The van der Waals surface area contributed by atoms with E-state index >= 15 is 0 Å². The highest BCUT2D eigenvalue weighted by Crippen LogP contribution is 2.28. The van der Waals surface area contributed by atoms with Gasteiger partial charge in [-0.05, 0) is 46.6 Å². The van der Waals surface area contributed by atoms with E-state index in [1.807, 2.05) is 0 Å². The summed E-state index contributed by atoms with van der Waals surface area (Å²) >= 11 is 15.0. The third-order valence-electron chi connectivity index (χ3n) is 2.58. The van der Waals surface area contributed by atoms with Crippen molar-refractivity contribution >= 4 is 54.8 Å². The van der Waals surface area contributed by atoms with E-state index in [0.29, 0.717) is 20.7 Å². The second kappa shape index (κ2) is 5.89. The molecule has 1 aromatic carbocycles. The minimum atomic E-state index is -3.84. The lowest BCUT2D eigenvalue weighted by atomic mass is 10.2. The smallest absolute Gasteiger partial charge is 0.265 e. The summed E-state index contributed by atoms with van der Waals surface area (Å²) in [6, 6.07) is 6.35. The van der Waals surface area contributed by atoms with Crippen LogP contribution in [-0.2, 0) is 10.0 Å². The molecule has 0 aliphatic heterocycles. The van der Waals surface area contributed by atoms with Gasteiger partial charge in [0.05, 0.1) is 5.69 Å². The standard InChI is InChI=1S/C12H9BrCl2N2O2S/c1-7-9(14)3-2-4-10(7)17-20(18,19)11-5-8(13)6-16-12(11)15/h2-6,17H,1H3. The van der Waals surface area contributed by atoms with Gasteiger partial charge >= 0.3 is 0 Å². The van der Waals surface area contributed by atoms with Crippen molar-refractivity contribution in [2.45, 2.75) is 11.8 Å². The summed E-state index contributed by atoms with van der Waals surface area (Å²) in [4.78, 5) is 3.70. The molecule has 0 aliphatic carbocycles. The van der Waals surface area contributed by atoms with Crippen LogP contribution in [0.5, 0.6) is 0 Å². The first kappa shape index (κ1) is 15.6. The normalized spacial score (nSPS) is 11.4. The third kappa shape index (κ3) is 3.25. The van der Waals surface area contributed by atoms with E-state index in [9.17, 15) is 8.42 Å². The number of benzene rings is 1. The molecule has 0 bridgehead atoms. The topological polar surface area (TPSA) is 59.1 Å². The molecule has 106 valence electrons. The number of nitrogens with zero attached hydrogens (tertiary/aromatic N) is 1. The number of hydrogen-bond acceptors (Lipinski definition) is 3. The van der Waals surface area contributed by atoms with E-state index in [2.05, 4.69) is 25.6 Å². The van der Waals surface area contributed by atoms with Crippen molar-refractivity contribution in [3.05, 3.63) is 50.7 Å². The quantitative estimate of drug-likeness (QED) is 0.789. The first-order chi connectivity index (χ1) is 9.31. The van der Waals surface area contributed by atoms with Crippen LogP contribution in [0.15, 0.2) is 39.8 Å². The highest BCUT2D eigenvalue weighted by atomic mass is 79.9. The number of anilines is 1. The van der Waals surface area contributed by atoms with E-state index in [1.54, 1.807) is 25.1 Å². The van der Waals surface area contributed by atoms with Gasteiger partial charge in [-0.3, -0.25) is 4.72 Å². The lowest BCUT2D eigenvalue weighted by Gasteiger charge is -2.12. The van der Waals surface area contributed by atoms with E-state index in [1.165, 1.54) is 12.3 Å². The van der Waals surface area contributed by atoms with Gasteiger partial charge in [-0.1, -0.05) is 29.3 Å². The Morgan fingerprint density at radius 3 is 2.70 bits per heavy atom. The van der Waals surface area contributed by atoms with Crippen LogP contribution in [0.1, 0.15) is 5.56 Å². The molecule has 4 nitrogen and oxygen atoms in total. The lowest BCUT2D eigenvalue weighted by molar-refractivity contribution is 0.601. The third-order valence-corrected chi connectivity index (χ3v) is 5.21. The van der Waals surface area contributed by atoms with Gasteiger partial charge in [0.2, 0.25) is 0 Å². The summed E-state index contributed by atoms with van der Waals surface area (Å²) in [5.41, 5.74) is 1.03. The van der Waals surface area contributed by atoms with Gasteiger partial charge in [-0.25, -0.2) is 13.4 Å². The van der Waals surface area contributed by atoms with Crippen LogP contribution in [-0.4, -0.2) is 13.4 Å². The first-order valence-corrected chi connectivity index (χ1v) is 8.43. The van der Waals surface area contributed by atoms with E-state index in [-0.39, 0.29) is 10.0 Å². The van der Waals surface area contributed by atoms with E-state index < -0.39 is 10.0 Å². The van der Waals surface area contributed by atoms with Crippen molar-refractivity contribution in [3.8, 4) is 0 Å². The summed E-state index contributed by atoms with van der Waals surface area (Å²) in [5, 5.41) is 0.379. The maximum absolute atomic E-state index is 12.3. The summed E-state index contributed by atoms with van der Waals surface area (Å²) in [6.07, 6.45) is 1.42. The van der Waals surface area contributed by atoms with Crippen LogP contribution in [0, 0.1) is 6.92 Å². The number of pyridine rings is 1. The first-order valence-electron chi connectivity index (χ1n) is 5.40. The molecule has 0 unspecified atom stereocenters. The number of sulfonamides is 1. The van der Waals surface area contributed by atoms with Gasteiger partial charge < -0.3 is 0 Å². The van der Waals surface area contributed by atoms with Gasteiger partial charge in [0.1, 0.15) is 10.0 Å². The minimum Gasteiger partial charge on any atom is -0.279 e. The zero-order chi connectivity index (χ0) is 14.9. The molecule has 0 radical (unpaired) electrons. The number of aromatic nitrogens is 1. The Balaban J connectivity index is 2.46. The summed E-state index contributed by atoms with van der Waals surface area (Å²) in [6.45, 7) is 1.72. The van der Waals surface area contributed by atoms with Crippen LogP contribution in [0.2, 0.25) is 10.2 Å². The molecule has 2 rings (SSSR count). The Bertz CT molecular complexity index is 766. The fourth-order valence-corrected chi connectivity index (χ4v) is 3.75. The highest BCUT2D eigenvalue weighted by molar-refractivity contribution is 9.10. The maximum atomic E-state index is 12.3. The average Bonchev–Trinajstić information content (AvgIpc) is 2.37. The van der Waals surface area contributed by atoms with Gasteiger partial charge in [0.15, 0.2) is 0 Å². The number of hydrogen-bond donors (Lipinski definition) is 1. The zero-order valence-corrected chi connectivity index (χ0v) is 14.1. The highest BCUT2D eigenvalue weighted by Gasteiger charge is 2.20. The average molecular weight is 396 g/mol. The fourth-order valence-electron chi connectivity index (χ4n) is 1.51. The van der Waals surface area contributed by atoms with Crippen molar-refractivity contribution in [3.63, 3.8) is 0 Å². The lowest BCUT2D eigenvalue weighted by Crippen LogP contribution is -2.14. The Hall–Kier alpha value is -0.820. The molecule has 0 aliphatic rings. The molecule has 8 heteroatoms. The molecule has 1 heterocycles. The van der Waals surface area contributed by atoms with Gasteiger partial charge in [0, 0.05) is 15.7 Å². The summed E-state index contributed by atoms with van der Waals surface area (Å²) in [5.74, 6) is 0. The Kier molecular flexibility index (Phi) is 4.59. The Morgan fingerprint density at radius 1 is 1.30 bits per heavy atom. The van der Waals surface area contributed by atoms with Crippen molar-refractivity contribution in [1.82, 2.24) is 4.98 Å². The predicted octanol–water partition coefficient (Wildman–Crippen LogP) is 4.26. The minimum absolute atomic E-state index is 0.0969. The molecule has 2 aromatic rings. The Labute approximate surface area is 135 Å². The van der Waals surface area contributed by atoms with Crippen LogP contribution in [0.3, 0.4) is 0 Å². The summed E-state index contributed by atoms with van der Waals surface area (Å²) in [7, 11) is -3.84. The number of nitrogens with one attached hydrogen (secondary N) is 1. The van der Waals surface area contributed by atoms with Crippen molar-refractivity contribution in [1.29, 1.82) is 0 Å². The van der Waals surface area contributed by atoms with Crippen molar-refractivity contribution in [2.24, 2.45) is 0 Å². The maximum Gasteiger partial charge on any atom is 0.265 e. The van der Waals surface area contributed by atoms with Gasteiger partial charge in [-0.15, -0.1) is 0 Å². The number of rotatable bonds is 3. The predicted molar refractivity (Wildman–Crippen MR) is 83.9 cm³/mol. The molecule has 1 aromatic heterocycles. The van der Waals surface area contributed by atoms with E-state index in [4.69, 9.17) is 23.2 Å². The van der Waals surface area contributed by atoms with Gasteiger partial charge in [-0.2, -0.15) is 0 Å². The monoisotopic (exact) mass is 394 g/mol. The molecule has 1 N–H and O–H groups in total. The van der Waals surface area contributed by atoms with E-state index in [0.717, 1.165) is 0 Å². The summed E-state index contributed by atoms with van der Waals surface area (Å²) < 4.78 is 27.7. The van der Waals surface area contributed by atoms with Crippen molar-refractivity contribution < 1.29 is 8.42 Å². The van der Waals surface area contributed by atoms with Crippen LogP contribution in [0.25, 0.3) is 0 Å². The second-order valence-corrected chi connectivity index (χ2v) is 7.29. The van der Waals surface area contributed by atoms with Crippen LogP contribution >= 0.6 is 39.1 Å². The van der Waals surface area contributed by atoms with Crippen LogP contribution in [0.4, 0.5) is 5.69 Å². The second-order valence-electron chi connectivity index (χ2n) is 3.96. The fraction of sp³-hybridized carbons (Fsp3) is 0.0833. The van der Waals surface area contributed by atoms with Crippen LogP contribution < -0.4 is 4.72 Å². The Morgan fingerprint density at radius 2 is 2.00 bits per heavy atom.